The van der Waals surface area contributed by atoms with Gasteiger partial charge in [-0.05, 0) is 42.7 Å². The van der Waals surface area contributed by atoms with Gasteiger partial charge in [-0.25, -0.2) is 0 Å². The zero-order valence-electron chi connectivity index (χ0n) is 13.9. The molecule has 1 aliphatic heterocycles. The maximum absolute atomic E-state index is 4.61. The topological polar surface area (TPSA) is 28.2 Å². The molecule has 0 bridgehead atoms. The molecule has 1 N–H and O–H groups in total. The van der Waals surface area contributed by atoms with E-state index in [1.807, 2.05) is 12.3 Å². The first-order chi connectivity index (χ1) is 9.95. The quantitative estimate of drug-likeness (QED) is 0.926. The molecule has 3 heteroatoms. The van der Waals surface area contributed by atoms with Crippen molar-refractivity contribution < 1.29 is 0 Å². The van der Waals surface area contributed by atoms with Crippen molar-refractivity contribution in [1.82, 2.24) is 15.2 Å². The van der Waals surface area contributed by atoms with Crippen molar-refractivity contribution in [3.05, 3.63) is 29.6 Å². The lowest BCUT2D eigenvalue weighted by Crippen LogP contribution is -2.60. The molecule has 1 saturated carbocycles. The molecule has 3 rings (SSSR count). The van der Waals surface area contributed by atoms with Crippen LogP contribution in [0.4, 0.5) is 0 Å². The van der Waals surface area contributed by atoms with Crippen LogP contribution in [-0.2, 0) is 6.54 Å². The summed E-state index contributed by atoms with van der Waals surface area (Å²) in [5, 5.41) is 3.81. The maximum Gasteiger partial charge on any atom is 0.0573 e. The second kappa shape index (κ2) is 5.69. The summed E-state index contributed by atoms with van der Waals surface area (Å²) in [6, 6.07) is 5.47. The van der Waals surface area contributed by atoms with E-state index >= 15 is 0 Å². The Hall–Kier alpha value is -0.930. The van der Waals surface area contributed by atoms with Crippen LogP contribution in [0.15, 0.2) is 18.3 Å². The normalized spacial score (nSPS) is 27.8. The zero-order chi connectivity index (χ0) is 15.0. The molecule has 21 heavy (non-hydrogen) atoms. The molecule has 1 aromatic heterocycles. The third kappa shape index (κ3) is 3.46. The Kier molecular flexibility index (Phi) is 4.06. The van der Waals surface area contributed by atoms with Crippen molar-refractivity contribution >= 4 is 0 Å². The molecule has 0 amide bonds. The smallest absolute Gasteiger partial charge is 0.0573 e. The Balaban J connectivity index is 1.77. The lowest BCUT2D eigenvalue weighted by molar-refractivity contribution is 0.0438. The number of rotatable bonds is 3. The number of nitrogens with zero attached hydrogens (tertiary/aromatic N) is 2. The predicted molar refractivity (Wildman–Crippen MR) is 87.1 cm³/mol. The van der Waals surface area contributed by atoms with Crippen molar-refractivity contribution in [2.75, 3.05) is 13.1 Å². The van der Waals surface area contributed by atoms with Crippen LogP contribution in [0.3, 0.4) is 0 Å². The first kappa shape index (κ1) is 15.0. The summed E-state index contributed by atoms with van der Waals surface area (Å²) in [5.41, 5.74) is 2.85. The first-order valence-electron chi connectivity index (χ1n) is 8.33. The van der Waals surface area contributed by atoms with Gasteiger partial charge in [-0.15, -0.1) is 0 Å². The monoisotopic (exact) mass is 287 g/mol. The number of hydrogen-bond acceptors (Lipinski definition) is 3. The highest BCUT2D eigenvalue weighted by Crippen LogP contribution is 2.36. The van der Waals surface area contributed by atoms with Gasteiger partial charge >= 0.3 is 0 Å². The van der Waals surface area contributed by atoms with Crippen LogP contribution in [0.1, 0.15) is 44.9 Å². The molecule has 2 heterocycles. The third-order valence-electron chi connectivity index (χ3n) is 5.11. The Labute approximate surface area is 129 Å². The van der Waals surface area contributed by atoms with Crippen molar-refractivity contribution in [2.24, 2.45) is 11.3 Å². The van der Waals surface area contributed by atoms with Gasteiger partial charge in [0.05, 0.1) is 5.69 Å². The van der Waals surface area contributed by atoms with Crippen LogP contribution in [0.5, 0.6) is 0 Å². The Bertz CT molecular complexity index is 487. The van der Waals surface area contributed by atoms with E-state index in [4.69, 9.17) is 0 Å². The lowest BCUT2D eigenvalue weighted by atomic mass is 9.83. The molecular weight excluding hydrogens is 258 g/mol. The third-order valence-corrected chi connectivity index (χ3v) is 5.11. The summed E-state index contributed by atoms with van der Waals surface area (Å²) in [5.74, 6) is 0.915. The summed E-state index contributed by atoms with van der Waals surface area (Å²) in [7, 11) is 0. The molecule has 2 fully saturated rings. The van der Waals surface area contributed by atoms with Gasteiger partial charge in [-0.1, -0.05) is 26.8 Å². The van der Waals surface area contributed by atoms with Gasteiger partial charge in [0.15, 0.2) is 0 Å². The first-order valence-corrected chi connectivity index (χ1v) is 8.33. The highest BCUT2D eigenvalue weighted by Gasteiger charge is 2.40. The van der Waals surface area contributed by atoms with Crippen LogP contribution in [0.25, 0.3) is 0 Å². The van der Waals surface area contributed by atoms with Crippen LogP contribution in [0, 0.1) is 18.3 Å². The number of piperazine rings is 1. The Morgan fingerprint density at radius 2 is 2.10 bits per heavy atom. The van der Waals surface area contributed by atoms with E-state index in [9.17, 15) is 0 Å². The van der Waals surface area contributed by atoms with Crippen LogP contribution in [0.2, 0.25) is 0 Å². The van der Waals surface area contributed by atoms with Crippen molar-refractivity contribution in [3.63, 3.8) is 0 Å². The summed E-state index contributed by atoms with van der Waals surface area (Å²) in [6.07, 6.45) is 4.75. The highest BCUT2D eigenvalue weighted by atomic mass is 15.2. The fraction of sp³-hybridized carbons (Fsp3) is 0.722. The molecule has 2 unspecified atom stereocenters. The van der Waals surface area contributed by atoms with Crippen molar-refractivity contribution in [1.29, 1.82) is 0 Å². The zero-order valence-corrected chi connectivity index (χ0v) is 13.9. The molecule has 2 aliphatic rings. The van der Waals surface area contributed by atoms with Gasteiger partial charge in [0.2, 0.25) is 0 Å². The summed E-state index contributed by atoms with van der Waals surface area (Å²) in [4.78, 5) is 7.29. The number of aryl methyl sites for hydroxylation is 1. The average Bonchev–Trinajstić information content (AvgIpc) is 3.24. The van der Waals surface area contributed by atoms with Gasteiger partial charge in [0.1, 0.15) is 0 Å². The van der Waals surface area contributed by atoms with E-state index < -0.39 is 0 Å². The molecule has 0 radical (unpaired) electrons. The summed E-state index contributed by atoms with van der Waals surface area (Å²) in [6.45, 7) is 12.5. The van der Waals surface area contributed by atoms with Gasteiger partial charge in [-0.3, -0.25) is 9.88 Å². The second-order valence-electron chi connectivity index (χ2n) is 7.93. The fourth-order valence-corrected chi connectivity index (χ4v) is 3.56. The van der Waals surface area contributed by atoms with Gasteiger partial charge < -0.3 is 5.32 Å². The minimum atomic E-state index is 0.296. The molecule has 1 aliphatic carbocycles. The minimum Gasteiger partial charge on any atom is -0.311 e. The van der Waals surface area contributed by atoms with Crippen LogP contribution >= 0.6 is 0 Å². The second-order valence-corrected chi connectivity index (χ2v) is 7.93. The number of pyridine rings is 1. The Morgan fingerprint density at radius 1 is 1.33 bits per heavy atom. The Morgan fingerprint density at radius 3 is 2.71 bits per heavy atom. The van der Waals surface area contributed by atoms with E-state index in [0.717, 1.165) is 19.0 Å². The van der Waals surface area contributed by atoms with E-state index in [2.05, 4.69) is 49.0 Å². The maximum atomic E-state index is 4.61. The minimum absolute atomic E-state index is 0.296. The van der Waals surface area contributed by atoms with Crippen LogP contribution < -0.4 is 5.32 Å². The van der Waals surface area contributed by atoms with E-state index in [-0.39, 0.29) is 0 Å². The van der Waals surface area contributed by atoms with E-state index in [1.54, 1.807) is 0 Å². The van der Waals surface area contributed by atoms with Crippen molar-refractivity contribution in [2.45, 2.75) is 59.2 Å². The largest absolute Gasteiger partial charge is 0.311 e. The summed E-state index contributed by atoms with van der Waals surface area (Å²) < 4.78 is 0. The number of nitrogens with one attached hydrogen (secondary N) is 1. The molecule has 3 nitrogen and oxygen atoms in total. The van der Waals surface area contributed by atoms with Gasteiger partial charge in [0.25, 0.3) is 0 Å². The van der Waals surface area contributed by atoms with E-state index in [1.165, 1.54) is 30.6 Å². The van der Waals surface area contributed by atoms with Crippen molar-refractivity contribution in [3.8, 4) is 0 Å². The highest BCUT2D eigenvalue weighted by molar-refractivity contribution is 5.18. The van der Waals surface area contributed by atoms with E-state index in [0.29, 0.717) is 17.5 Å². The predicted octanol–water partition coefficient (Wildman–Crippen LogP) is 2.99. The summed E-state index contributed by atoms with van der Waals surface area (Å²) >= 11 is 0. The number of hydrogen-bond donors (Lipinski definition) is 1. The van der Waals surface area contributed by atoms with Gasteiger partial charge in [-0.2, -0.15) is 0 Å². The van der Waals surface area contributed by atoms with Gasteiger partial charge in [0, 0.05) is 37.9 Å². The molecule has 0 spiro atoms. The standard InChI is InChI=1S/C18H29N3/c1-13-6-5-9-19-15(13)11-21-12-16(14-7-8-14)20-10-17(21)18(2,3)4/h5-6,9,14,16-17,20H,7-8,10-12H2,1-4H3. The molecule has 0 aromatic carbocycles. The fourth-order valence-electron chi connectivity index (χ4n) is 3.56. The molecule has 1 aromatic rings. The SMILES string of the molecule is Cc1cccnc1CN1CC(C2CC2)NCC1C(C)(C)C. The molecular formula is C18H29N3. The van der Waals surface area contributed by atoms with Crippen LogP contribution in [-0.4, -0.2) is 35.1 Å². The average molecular weight is 287 g/mol. The molecule has 1 saturated heterocycles. The molecule has 116 valence electrons. The molecule has 2 atom stereocenters. The lowest BCUT2D eigenvalue weighted by Gasteiger charge is -2.46. The number of aromatic nitrogens is 1.